The van der Waals surface area contributed by atoms with Crippen molar-refractivity contribution in [3.8, 4) is 5.75 Å². The molecule has 0 radical (unpaired) electrons. The molecule has 0 unspecified atom stereocenters. The minimum Gasteiger partial charge on any atom is -0.497 e. The molecule has 1 saturated heterocycles. The van der Waals surface area contributed by atoms with E-state index in [0.717, 1.165) is 23.5 Å². The van der Waals surface area contributed by atoms with Crippen molar-refractivity contribution in [3.05, 3.63) is 60.2 Å². The number of ether oxygens (including phenoxy) is 1. The van der Waals surface area contributed by atoms with E-state index in [1.165, 1.54) is 31.0 Å². The van der Waals surface area contributed by atoms with Gasteiger partial charge in [-0.15, -0.1) is 0 Å². The van der Waals surface area contributed by atoms with E-state index in [0.29, 0.717) is 6.04 Å². The molecule has 2 aromatic rings. The summed E-state index contributed by atoms with van der Waals surface area (Å²) in [5.41, 5.74) is 2.98. The van der Waals surface area contributed by atoms with Gasteiger partial charge >= 0.3 is 0 Å². The third-order valence-corrected chi connectivity index (χ3v) is 5.24. The number of methoxy groups -OCH3 is 1. The number of hydrogen-bond acceptors (Lipinski definition) is 4. The van der Waals surface area contributed by atoms with Gasteiger partial charge in [-0.3, -0.25) is 10.1 Å². The Balaban J connectivity index is 1.50. The summed E-state index contributed by atoms with van der Waals surface area (Å²) in [5.74, 6) is 0.495. The number of carbonyl (C=O) groups excluding carboxylic acids is 1. The highest BCUT2D eigenvalue weighted by molar-refractivity contribution is 7.80. The number of carbonyl (C=O) groups is 1. The predicted molar refractivity (Wildman–Crippen MR) is 123 cm³/mol. The van der Waals surface area contributed by atoms with Crippen LogP contribution in [0.4, 0.5) is 11.4 Å². The molecule has 6 heteroatoms. The molecule has 1 fully saturated rings. The Kier molecular flexibility index (Phi) is 7.25. The number of amides is 1. The maximum Gasteiger partial charge on any atom is 0.250 e. The predicted octanol–water partition coefficient (Wildman–Crippen LogP) is 4.60. The third-order valence-electron chi connectivity index (χ3n) is 5.04. The largest absolute Gasteiger partial charge is 0.497 e. The SMILES string of the molecule is COc1ccc(/C=C/C(=O)NC(=S)Nc2ccc(N3CCCC[C@H]3C)cc2)cc1. The van der Waals surface area contributed by atoms with E-state index in [4.69, 9.17) is 17.0 Å². The summed E-state index contributed by atoms with van der Waals surface area (Å²) in [6.45, 7) is 3.37. The summed E-state index contributed by atoms with van der Waals surface area (Å²) in [6, 6.07) is 16.2. The molecule has 0 bridgehead atoms. The van der Waals surface area contributed by atoms with Gasteiger partial charge in [0.05, 0.1) is 7.11 Å². The lowest BCUT2D eigenvalue weighted by Crippen LogP contribution is -2.37. The fourth-order valence-corrected chi connectivity index (χ4v) is 3.64. The molecular formula is C23H27N3O2S. The zero-order valence-electron chi connectivity index (χ0n) is 16.9. The first-order valence-corrected chi connectivity index (χ1v) is 10.3. The molecule has 0 saturated carbocycles. The molecule has 0 spiro atoms. The fraction of sp³-hybridized carbons (Fsp3) is 0.304. The standard InChI is InChI=1S/C23H27N3O2S/c1-17-5-3-4-16-26(17)20-11-9-19(10-12-20)24-23(29)25-22(27)15-8-18-6-13-21(28-2)14-7-18/h6-15,17H,3-5,16H2,1-2H3,(H2,24,25,27,29)/b15-8+/t17-/m1/s1. The molecule has 2 N–H and O–H groups in total. The number of nitrogens with one attached hydrogen (secondary N) is 2. The number of thiocarbonyl (C=S) groups is 1. The van der Waals surface area contributed by atoms with Crippen LogP contribution >= 0.6 is 12.2 Å². The highest BCUT2D eigenvalue weighted by Crippen LogP contribution is 2.25. The second-order valence-electron chi connectivity index (χ2n) is 7.13. The maximum absolute atomic E-state index is 12.1. The van der Waals surface area contributed by atoms with Crippen LogP contribution in [0.3, 0.4) is 0 Å². The molecule has 29 heavy (non-hydrogen) atoms. The average molecular weight is 410 g/mol. The first-order chi connectivity index (χ1) is 14.0. The molecule has 3 rings (SSSR count). The lowest BCUT2D eigenvalue weighted by atomic mass is 10.0. The van der Waals surface area contributed by atoms with E-state index in [2.05, 4.69) is 34.6 Å². The van der Waals surface area contributed by atoms with Crippen LogP contribution in [0.15, 0.2) is 54.6 Å². The van der Waals surface area contributed by atoms with Crippen LogP contribution in [-0.4, -0.2) is 30.7 Å². The normalized spacial score (nSPS) is 16.5. The van der Waals surface area contributed by atoms with E-state index in [1.807, 2.05) is 36.4 Å². The highest BCUT2D eigenvalue weighted by Gasteiger charge is 2.18. The van der Waals surface area contributed by atoms with Gasteiger partial charge in [-0.2, -0.15) is 0 Å². The zero-order chi connectivity index (χ0) is 20.6. The van der Waals surface area contributed by atoms with Gasteiger partial charge in [0.25, 0.3) is 0 Å². The minimum atomic E-state index is -0.280. The van der Waals surface area contributed by atoms with Crippen molar-refractivity contribution >= 4 is 40.7 Å². The minimum absolute atomic E-state index is 0.272. The van der Waals surface area contributed by atoms with Crippen LogP contribution in [0.1, 0.15) is 31.7 Å². The Bertz CT molecular complexity index is 863. The molecule has 1 atom stereocenters. The first-order valence-electron chi connectivity index (χ1n) is 9.86. The summed E-state index contributed by atoms with van der Waals surface area (Å²) < 4.78 is 5.12. The zero-order valence-corrected chi connectivity index (χ0v) is 17.7. The van der Waals surface area contributed by atoms with Crippen LogP contribution in [-0.2, 0) is 4.79 Å². The van der Waals surface area contributed by atoms with Crippen molar-refractivity contribution in [2.24, 2.45) is 0 Å². The van der Waals surface area contributed by atoms with Crippen molar-refractivity contribution in [2.45, 2.75) is 32.2 Å². The lowest BCUT2D eigenvalue weighted by molar-refractivity contribution is -0.115. The Morgan fingerprint density at radius 1 is 1.14 bits per heavy atom. The molecule has 1 aliphatic heterocycles. The topological polar surface area (TPSA) is 53.6 Å². The van der Waals surface area contributed by atoms with Gasteiger partial charge < -0.3 is 15.0 Å². The van der Waals surface area contributed by atoms with Gasteiger partial charge in [-0.05, 0) is 86.4 Å². The molecule has 0 aliphatic carbocycles. The van der Waals surface area contributed by atoms with E-state index in [-0.39, 0.29) is 11.0 Å². The Hall–Kier alpha value is -2.86. The smallest absolute Gasteiger partial charge is 0.250 e. The average Bonchev–Trinajstić information content (AvgIpc) is 2.73. The molecule has 152 valence electrons. The summed E-state index contributed by atoms with van der Waals surface area (Å²) >= 11 is 5.25. The molecule has 1 aliphatic rings. The monoisotopic (exact) mass is 409 g/mol. The number of rotatable bonds is 5. The van der Waals surface area contributed by atoms with Gasteiger partial charge in [0.15, 0.2) is 5.11 Å². The van der Waals surface area contributed by atoms with Crippen molar-refractivity contribution in [1.29, 1.82) is 0 Å². The Morgan fingerprint density at radius 2 is 1.86 bits per heavy atom. The van der Waals surface area contributed by atoms with Gasteiger partial charge in [-0.25, -0.2) is 0 Å². The van der Waals surface area contributed by atoms with E-state index in [1.54, 1.807) is 13.2 Å². The van der Waals surface area contributed by atoms with Crippen molar-refractivity contribution in [2.75, 3.05) is 23.9 Å². The molecule has 5 nitrogen and oxygen atoms in total. The molecule has 1 amide bonds. The molecular weight excluding hydrogens is 382 g/mol. The second-order valence-corrected chi connectivity index (χ2v) is 7.54. The quantitative estimate of drug-likeness (QED) is 0.558. The number of nitrogens with zero attached hydrogens (tertiary/aromatic N) is 1. The highest BCUT2D eigenvalue weighted by atomic mass is 32.1. The molecule has 1 heterocycles. The Morgan fingerprint density at radius 3 is 2.52 bits per heavy atom. The van der Waals surface area contributed by atoms with Crippen LogP contribution in [0.2, 0.25) is 0 Å². The van der Waals surface area contributed by atoms with E-state index in [9.17, 15) is 4.79 Å². The third kappa shape index (κ3) is 6.06. The van der Waals surface area contributed by atoms with E-state index < -0.39 is 0 Å². The second kappa shape index (κ2) is 10.1. The number of benzene rings is 2. The summed E-state index contributed by atoms with van der Waals surface area (Å²) in [7, 11) is 1.62. The first kappa shape index (κ1) is 20.9. The van der Waals surface area contributed by atoms with Crippen LogP contribution < -0.4 is 20.3 Å². The summed E-state index contributed by atoms with van der Waals surface area (Å²) in [5, 5.41) is 6.00. The van der Waals surface area contributed by atoms with Gasteiger partial charge in [-0.1, -0.05) is 12.1 Å². The van der Waals surface area contributed by atoms with Crippen LogP contribution in [0.5, 0.6) is 5.75 Å². The number of piperidine rings is 1. The van der Waals surface area contributed by atoms with Gasteiger partial charge in [0.1, 0.15) is 5.75 Å². The fourth-order valence-electron chi connectivity index (χ4n) is 3.42. The van der Waals surface area contributed by atoms with Gasteiger partial charge in [0, 0.05) is 30.0 Å². The van der Waals surface area contributed by atoms with Crippen molar-refractivity contribution in [3.63, 3.8) is 0 Å². The molecule has 0 aromatic heterocycles. The number of anilines is 2. The Labute approximate surface area is 177 Å². The van der Waals surface area contributed by atoms with Crippen LogP contribution in [0, 0.1) is 0 Å². The van der Waals surface area contributed by atoms with Crippen LogP contribution in [0.25, 0.3) is 6.08 Å². The van der Waals surface area contributed by atoms with E-state index >= 15 is 0 Å². The maximum atomic E-state index is 12.1. The van der Waals surface area contributed by atoms with Crippen molar-refractivity contribution in [1.82, 2.24) is 5.32 Å². The van der Waals surface area contributed by atoms with Gasteiger partial charge in [0.2, 0.25) is 5.91 Å². The number of hydrogen-bond donors (Lipinski definition) is 2. The summed E-state index contributed by atoms with van der Waals surface area (Å²) in [6.07, 6.45) is 6.96. The lowest BCUT2D eigenvalue weighted by Gasteiger charge is -2.35. The molecule has 2 aromatic carbocycles. The van der Waals surface area contributed by atoms with Crippen molar-refractivity contribution < 1.29 is 9.53 Å². The summed E-state index contributed by atoms with van der Waals surface area (Å²) in [4.78, 5) is 14.5.